The first-order valence-corrected chi connectivity index (χ1v) is 15.4. The van der Waals surface area contributed by atoms with Gasteiger partial charge in [0, 0.05) is 0 Å². The molecule has 8 heteroatoms. The number of alkyl halides is 2. The third-order valence-corrected chi connectivity index (χ3v) is 13.4. The Morgan fingerprint density at radius 3 is 2.54 bits per heavy atom. The van der Waals surface area contributed by atoms with Crippen molar-refractivity contribution in [1.29, 1.82) is 0 Å². The third kappa shape index (κ3) is 2.92. The molecule has 2 saturated carbocycles. The number of fused-ring (bicyclic) bond motifs is 5. The van der Waals surface area contributed by atoms with E-state index in [1.165, 1.54) is 5.57 Å². The topological polar surface area (TPSA) is 76.0 Å². The van der Waals surface area contributed by atoms with E-state index in [0.717, 1.165) is 44.1 Å². The molecular weight excluding hydrogens is 681 g/mol. The molecule has 5 nitrogen and oxygen atoms in total. The average molecular weight is 706 g/mol. The molecule has 0 aromatic heterocycles. The molecule has 5 aliphatic rings. The van der Waals surface area contributed by atoms with Crippen LogP contribution < -0.4 is 0 Å². The van der Waals surface area contributed by atoms with Crippen LogP contribution in [0.4, 0.5) is 0 Å². The molecule has 0 bridgehead atoms. The number of aliphatic hydroxyl groups excluding tert-OH is 2. The number of hydrogen-bond acceptors (Lipinski definition) is 5. The van der Waals surface area contributed by atoms with Crippen LogP contribution in [0.25, 0.3) is 0 Å². The number of esters is 1. The SMILES string of the molecule is O=C1OC2(C3=C1CCCC3)C1CC(Br)C(O)CC1OC1[CH]([Hg])C(O)C(Br)CC12. The average Bonchev–Trinajstić information content (AvgIpc) is 2.97. The molecule has 0 aromatic rings. The number of carbonyl (C=O) groups is 1. The first kappa shape index (κ1) is 20.9. The maximum atomic E-state index is 13.0. The zero-order chi connectivity index (χ0) is 19.8. The molecule has 151 valence electrons. The molecule has 2 aliphatic heterocycles. The van der Waals surface area contributed by atoms with Crippen molar-refractivity contribution in [2.24, 2.45) is 11.8 Å². The van der Waals surface area contributed by atoms with Crippen molar-refractivity contribution in [3.63, 3.8) is 0 Å². The summed E-state index contributed by atoms with van der Waals surface area (Å²) >= 11 is 7.71. The van der Waals surface area contributed by atoms with Crippen LogP contribution in [0.2, 0.25) is 3.43 Å². The standard InChI is InChI=1S/C20H25Br2O5.Hg/c21-13-5-11-17(7-15(13)23)26-18-8-16(24)14(22)6-12(18)20(11)10-4-2-1-3-9(10)19(25)27-20;/h7,11-18,23-24H,1-6,8H2;. The summed E-state index contributed by atoms with van der Waals surface area (Å²) in [6.45, 7) is 0. The van der Waals surface area contributed by atoms with Crippen LogP contribution in [0.15, 0.2) is 11.1 Å². The summed E-state index contributed by atoms with van der Waals surface area (Å²) in [4.78, 5) is 13.0. The number of hydrogen-bond donors (Lipinski definition) is 2. The van der Waals surface area contributed by atoms with E-state index in [1.807, 2.05) is 0 Å². The Morgan fingerprint density at radius 2 is 1.75 bits per heavy atom. The number of rotatable bonds is 0. The van der Waals surface area contributed by atoms with Crippen LogP contribution in [-0.2, 0) is 40.4 Å². The Balaban J connectivity index is 1.65. The van der Waals surface area contributed by atoms with Gasteiger partial charge in [-0.25, -0.2) is 0 Å². The second-order valence-electron chi connectivity index (χ2n) is 9.16. The molecule has 3 aliphatic carbocycles. The van der Waals surface area contributed by atoms with Crippen LogP contribution in [0.5, 0.6) is 0 Å². The summed E-state index contributed by atoms with van der Waals surface area (Å²) in [6, 6.07) is 0. The van der Waals surface area contributed by atoms with Gasteiger partial charge >= 0.3 is 199 Å². The zero-order valence-corrected chi connectivity index (χ0v) is 24.4. The van der Waals surface area contributed by atoms with Gasteiger partial charge in [0.05, 0.1) is 0 Å². The molecule has 28 heavy (non-hydrogen) atoms. The van der Waals surface area contributed by atoms with Crippen LogP contribution in [0, 0.1) is 11.8 Å². The van der Waals surface area contributed by atoms with E-state index < -0.39 is 17.8 Å². The number of ether oxygens (including phenoxy) is 2. The van der Waals surface area contributed by atoms with Gasteiger partial charge in [0.25, 0.3) is 0 Å². The predicted octanol–water partition coefficient (Wildman–Crippen LogP) is 2.93. The van der Waals surface area contributed by atoms with Crippen molar-refractivity contribution in [2.75, 3.05) is 0 Å². The van der Waals surface area contributed by atoms with Gasteiger partial charge in [0.15, 0.2) is 0 Å². The summed E-state index contributed by atoms with van der Waals surface area (Å²) in [5.74, 6) is 0.0125. The van der Waals surface area contributed by atoms with Gasteiger partial charge in [-0.2, -0.15) is 0 Å². The van der Waals surface area contributed by atoms with Crippen LogP contribution in [0.1, 0.15) is 44.9 Å². The van der Waals surface area contributed by atoms with E-state index >= 15 is 0 Å². The fraction of sp³-hybridized carbons (Fsp3) is 0.850. The summed E-state index contributed by atoms with van der Waals surface area (Å²) in [6.07, 6.45) is 4.86. The van der Waals surface area contributed by atoms with E-state index in [-0.39, 0.29) is 43.1 Å². The molecule has 0 amide bonds. The Labute approximate surface area is 198 Å². The van der Waals surface area contributed by atoms with Gasteiger partial charge in [-0.3, -0.25) is 0 Å². The fourth-order valence-electron chi connectivity index (χ4n) is 6.51. The second kappa shape index (κ2) is 7.54. The molecule has 2 N–H and O–H groups in total. The summed E-state index contributed by atoms with van der Waals surface area (Å²) in [5, 5.41) is 21.2. The monoisotopic (exact) mass is 705 g/mol. The molecule has 10 atom stereocenters. The van der Waals surface area contributed by atoms with Crippen molar-refractivity contribution in [1.82, 2.24) is 0 Å². The molecule has 0 aromatic carbocycles. The van der Waals surface area contributed by atoms with Crippen molar-refractivity contribution in [2.45, 2.75) is 88.0 Å². The summed E-state index contributed by atoms with van der Waals surface area (Å²) < 4.78 is 13.2. The van der Waals surface area contributed by atoms with Gasteiger partial charge in [0.2, 0.25) is 0 Å². The van der Waals surface area contributed by atoms with Gasteiger partial charge in [0.1, 0.15) is 0 Å². The minimum atomic E-state index is -0.615. The van der Waals surface area contributed by atoms with E-state index in [4.69, 9.17) is 9.47 Å². The molecule has 1 saturated heterocycles. The van der Waals surface area contributed by atoms with E-state index in [0.29, 0.717) is 32.5 Å². The van der Waals surface area contributed by atoms with E-state index in [2.05, 4.69) is 31.9 Å². The zero-order valence-electron chi connectivity index (χ0n) is 15.7. The van der Waals surface area contributed by atoms with Crippen LogP contribution >= 0.6 is 31.9 Å². The van der Waals surface area contributed by atoms with E-state index in [9.17, 15) is 15.0 Å². The van der Waals surface area contributed by atoms with Gasteiger partial charge < -0.3 is 0 Å². The predicted molar refractivity (Wildman–Crippen MR) is 105 cm³/mol. The molecule has 2 heterocycles. The van der Waals surface area contributed by atoms with Crippen molar-refractivity contribution in [3.05, 3.63) is 11.1 Å². The van der Waals surface area contributed by atoms with Gasteiger partial charge in [-0.1, -0.05) is 0 Å². The third-order valence-electron chi connectivity index (χ3n) is 7.81. The van der Waals surface area contributed by atoms with E-state index in [1.54, 1.807) is 0 Å². The number of aliphatic hydroxyl groups is 2. The van der Waals surface area contributed by atoms with Gasteiger partial charge in [-0.05, 0) is 0 Å². The maximum absolute atomic E-state index is 13.0. The van der Waals surface area contributed by atoms with Crippen molar-refractivity contribution in [3.8, 4) is 0 Å². The Bertz CT molecular complexity index is 717. The molecule has 5 rings (SSSR count). The molecule has 1 spiro atoms. The van der Waals surface area contributed by atoms with Crippen molar-refractivity contribution < 1.29 is 50.6 Å². The summed E-state index contributed by atoms with van der Waals surface area (Å²) in [7, 11) is 0. The Hall–Kier alpha value is 0.985. The first-order chi connectivity index (χ1) is 13.3. The Morgan fingerprint density at radius 1 is 1.04 bits per heavy atom. The van der Waals surface area contributed by atoms with Crippen molar-refractivity contribution >= 4 is 37.8 Å². The minimum absolute atomic E-state index is 0.00849. The number of halogens is 2. The fourth-order valence-corrected chi connectivity index (χ4v) is 12.5. The molecular formula is C20H25Br2HgO5. The van der Waals surface area contributed by atoms with Crippen LogP contribution in [0.3, 0.4) is 0 Å². The molecule has 0 radical (unpaired) electrons. The Kier molecular flexibility index (Phi) is 5.62. The normalized spacial score (nSPS) is 53.5. The quantitative estimate of drug-likeness (QED) is 0.231. The number of carbonyl (C=O) groups excluding carboxylic acids is 1. The van der Waals surface area contributed by atoms with Gasteiger partial charge in [-0.15, -0.1) is 0 Å². The second-order valence-corrected chi connectivity index (χ2v) is 15.2. The summed E-state index contributed by atoms with van der Waals surface area (Å²) in [5.41, 5.74) is 1.52. The molecule has 10 unspecified atom stereocenters. The first-order valence-electron chi connectivity index (χ1n) is 10.4. The van der Waals surface area contributed by atoms with Crippen LogP contribution in [-0.4, -0.2) is 55.9 Å². The molecule has 3 fully saturated rings.